The Morgan fingerprint density at radius 2 is 1.89 bits per heavy atom. The number of pyridine rings is 1. The van der Waals surface area contributed by atoms with E-state index in [0.717, 1.165) is 5.69 Å². The third-order valence-electron chi connectivity index (χ3n) is 2.70. The lowest BCUT2D eigenvalue weighted by molar-refractivity contribution is -0.116. The largest absolute Gasteiger partial charge is 0.325 e. The molecule has 0 saturated heterocycles. The highest BCUT2D eigenvalue weighted by Gasteiger charge is 2.06. The number of aryl methyl sites for hydroxylation is 1. The standard InChI is InChI=1S/C14H13ClN2O2/c1-10-3-2-4-14(19)17(10)9-13(18)16-12-7-5-11(15)6-8-12/h2-8H,9H2,1H3,(H,16,18). The summed E-state index contributed by atoms with van der Waals surface area (Å²) in [4.78, 5) is 23.5. The van der Waals surface area contributed by atoms with Gasteiger partial charge in [-0.15, -0.1) is 0 Å². The van der Waals surface area contributed by atoms with Gasteiger partial charge in [-0.05, 0) is 37.3 Å². The van der Waals surface area contributed by atoms with Gasteiger partial charge < -0.3 is 9.88 Å². The fraction of sp³-hybridized carbons (Fsp3) is 0.143. The highest BCUT2D eigenvalue weighted by molar-refractivity contribution is 6.30. The first-order chi connectivity index (χ1) is 9.06. The predicted octanol–water partition coefficient (Wildman–Crippen LogP) is 2.45. The maximum Gasteiger partial charge on any atom is 0.251 e. The molecule has 1 heterocycles. The Morgan fingerprint density at radius 1 is 1.21 bits per heavy atom. The van der Waals surface area contributed by atoms with Gasteiger partial charge in [-0.2, -0.15) is 0 Å². The molecule has 1 amide bonds. The maximum absolute atomic E-state index is 11.9. The van der Waals surface area contributed by atoms with Crippen molar-refractivity contribution in [2.75, 3.05) is 5.32 Å². The smallest absolute Gasteiger partial charge is 0.251 e. The van der Waals surface area contributed by atoms with Gasteiger partial charge in [-0.3, -0.25) is 9.59 Å². The molecule has 0 bridgehead atoms. The number of rotatable bonds is 3. The van der Waals surface area contributed by atoms with E-state index in [9.17, 15) is 9.59 Å². The van der Waals surface area contributed by atoms with E-state index in [1.165, 1.54) is 10.6 Å². The third-order valence-corrected chi connectivity index (χ3v) is 2.95. The number of nitrogens with zero attached hydrogens (tertiary/aromatic N) is 1. The Balaban J connectivity index is 2.10. The number of carbonyl (C=O) groups excluding carboxylic acids is 1. The van der Waals surface area contributed by atoms with Crippen LogP contribution in [0.25, 0.3) is 0 Å². The minimum absolute atomic E-state index is 0.00582. The van der Waals surface area contributed by atoms with E-state index in [0.29, 0.717) is 10.7 Å². The van der Waals surface area contributed by atoms with E-state index in [2.05, 4.69) is 5.32 Å². The summed E-state index contributed by atoms with van der Waals surface area (Å²) in [5.74, 6) is -0.251. The van der Waals surface area contributed by atoms with Crippen molar-refractivity contribution in [3.05, 3.63) is 63.5 Å². The Labute approximate surface area is 115 Å². The molecular weight excluding hydrogens is 264 g/mol. The predicted molar refractivity (Wildman–Crippen MR) is 75.5 cm³/mol. The molecule has 5 heteroatoms. The molecule has 0 fully saturated rings. The highest BCUT2D eigenvalue weighted by atomic mass is 35.5. The number of hydrogen-bond acceptors (Lipinski definition) is 2. The van der Waals surface area contributed by atoms with Crippen molar-refractivity contribution in [1.29, 1.82) is 0 Å². The molecular formula is C14H13ClN2O2. The summed E-state index contributed by atoms with van der Waals surface area (Å²) in [6.07, 6.45) is 0. The number of amides is 1. The molecule has 1 aromatic carbocycles. The van der Waals surface area contributed by atoms with Crippen LogP contribution in [0, 0.1) is 6.92 Å². The van der Waals surface area contributed by atoms with Crippen LogP contribution in [-0.4, -0.2) is 10.5 Å². The Bertz CT molecular complexity index is 647. The first-order valence-electron chi connectivity index (χ1n) is 5.78. The molecule has 0 unspecified atom stereocenters. The van der Waals surface area contributed by atoms with Gasteiger partial charge in [-0.1, -0.05) is 17.7 Å². The van der Waals surface area contributed by atoms with Gasteiger partial charge in [-0.25, -0.2) is 0 Å². The average Bonchev–Trinajstić information content (AvgIpc) is 2.37. The zero-order chi connectivity index (χ0) is 13.8. The van der Waals surface area contributed by atoms with Crippen molar-refractivity contribution in [3.63, 3.8) is 0 Å². The molecule has 0 aliphatic rings. The second-order valence-corrected chi connectivity index (χ2v) is 4.58. The summed E-state index contributed by atoms with van der Waals surface area (Å²) in [7, 11) is 0. The van der Waals surface area contributed by atoms with E-state index in [1.807, 2.05) is 0 Å². The lowest BCUT2D eigenvalue weighted by atomic mass is 10.3. The van der Waals surface area contributed by atoms with Crippen LogP contribution in [0.15, 0.2) is 47.3 Å². The van der Waals surface area contributed by atoms with Crippen LogP contribution in [0.4, 0.5) is 5.69 Å². The number of carbonyl (C=O) groups is 1. The molecule has 0 radical (unpaired) electrons. The number of nitrogens with one attached hydrogen (secondary N) is 1. The van der Waals surface area contributed by atoms with Crippen LogP contribution in [0.3, 0.4) is 0 Å². The first-order valence-corrected chi connectivity index (χ1v) is 6.16. The molecule has 2 rings (SSSR count). The lowest BCUT2D eigenvalue weighted by Gasteiger charge is -2.09. The molecule has 0 atom stereocenters. The molecule has 1 aromatic heterocycles. The van der Waals surface area contributed by atoms with Crippen LogP contribution in [0.5, 0.6) is 0 Å². The van der Waals surface area contributed by atoms with Crippen molar-refractivity contribution in [2.24, 2.45) is 0 Å². The number of anilines is 1. The Hall–Kier alpha value is -2.07. The summed E-state index contributed by atoms with van der Waals surface area (Å²) in [6.45, 7) is 1.78. The van der Waals surface area contributed by atoms with Crippen molar-refractivity contribution in [2.45, 2.75) is 13.5 Å². The van der Waals surface area contributed by atoms with Gasteiger partial charge in [0.2, 0.25) is 5.91 Å². The van der Waals surface area contributed by atoms with E-state index in [4.69, 9.17) is 11.6 Å². The fourth-order valence-corrected chi connectivity index (χ4v) is 1.83. The first kappa shape index (κ1) is 13.4. The Morgan fingerprint density at radius 3 is 2.53 bits per heavy atom. The van der Waals surface area contributed by atoms with E-state index < -0.39 is 0 Å². The van der Waals surface area contributed by atoms with E-state index >= 15 is 0 Å². The van der Waals surface area contributed by atoms with Crippen molar-refractivity contribution in [3.8, 4) is 0 Å². The van der Waals surface area contributed by atoms with Crippen LogP contribution < -0.4 is 10.9 Å². The van der Waals surface area contributed by atoms with Crippen molar-refractivity contribution >= 4 is 23.2 Å². The highest BCUT2D eigenvalue weighted by Crippen LogP contribution is 2.13. The normalized spacial score (nSPS) is 10.2. The minimum Gasteiger partial charge on any atom is -0.325 e. The summed E-state index contributed by atoms with van der Waals surface area (Å²) in [5.41, 5.74) is 1.21. The molecule has 0 aliphatic carbocycles. The molecule has 98 valence electrons. The maximum atomic E-state index is 11.9. The van der Waals surface area contributed by atoms with Gasteiger partial charge in [0.25, 0.3) is 5.56 Å². The SMILES string of the molecule is Cc1cccc(=O)n1CC(=O)Nc1ccc(Cl)cc1. The molecule has 1 N–H and O–H groups in total. The summed E-state index contributed by atoms with van der Waals surface area (Å²) in [6, 6.07) is 11.7. The van der Waals surface area contributed by atoms with Crippen molar-refractivity contribution in [1.82, 2.24) is 4.57 Å². The van der Waals surface area contributed by atoms with Gasteiger partial charge >= 0.3 is 0 Å². The molecule has 0 saturated carbocycles. The second kappa shape index (κ2) is 5.71. The molecule has 19 heavy (non-hydrogen) atoms. The van der Waals surface area contributed by atoms with E-state index in [1.54, 1.807) is 43.3 Å². The van der Waals surface area contributed by atoms with Crippen LogP contribution in [-0.2, 0) is 11.3 Å². The number of benzene rings is 1. The third kappa shape index (κ3) is 3.45. The van der Waals surface area contributed by atoms with Gasteiger partial charge in [0, 0.05) is 22.5 Å². The van der Waals surface area contributed by atoms with Gasteiger partial charge in [0.1, 0.15) is 6.54 Å². The molecule has 0 aliphatic heterocycles. The fourth-order valence-electron chi connectivity index (χ4n) is 1.70. The van der Waals surface area contributed by atoms with Crippen LogP contribution in [0.1, 0.15) is 5.69 Å². The average molecular weight is 277 g/mol. The van der Waals surface area contributed by atoms with Gasteiger partial charge in [0.05, 0.1) is 0 Å². The number of halogens is 1. The summed E-state index contributed by atoms with van der Waals surface area (Å²) >= 11 is 5.76. The monoisotopic (exact) mass is 276 g/mol. The zero-order valence-corrected chi connectivity index (χ0v) is 11.1. The van der Waals surface area contributed by atoms with E-state index in [-0.39, 0.29) is 18.0 Å². The summed E-state index contributed by atoms with van der Waals surface area (Å²) < 4.78 is 1.42. The van der Waals surface area contributed by atoms with Gasteiger partial charge in [0.15, 0.2) is 0 Å². The quantitative estimate of drug-likeness (QED) is 0.936. The zero-order valence-electron chi connectivity index (χ0n) is 10.4. The van der Waals surface area contributed by atoms with Crippen LogP contribution in [0.2, 0.25) is 5.02 Å². The molecule has 2 aromatic rings. The molecule has 0 spiro atoms. The topological polar surface area (TPSA) is 51.1 Å². The van der Waals surface area contributed by atoms with Crippen LogP contribution >= 0.6 is 11.6 Å². The lowest BCUT2D eigenvalue weighted by Crippen LogP contribution is -2.28. The van der Waals surface area contributed by atoms with Crippen molar-refractivity contribution < 1.29 is 4.79 Å². The minimum atomic E-state index is -0.251. The number of hydrogen-bond donors (Lipinski definition) is 1. The summed E-state index contributed by atoms with van der Waals surface area (Å²) in [5, 5.41) is 3.32. The molecule has 4 nitrogen and oxygen atoms in total. The second-order valence-electron chi connectivity index (χ2n) is 4.15. The number of aromatic nitrogens is 1. The Kier molecular flexibility index (Phi) is 4.02.